The molecule has 0 saturated carbocycles. The summed E-state index contributed by atoms with van der Waals surface area (Å²) >= 11 is 0. The predicted molar refractivity (Wildman–Crippen MR) is 127 cm³/mol. The van der Waals surface area contributed by atoms with Crippen LogP contribution in [-0.4, -0.2) is 58.7 Å². The van der Waals surface area contributed by atoms with Gasteiger partial charge in [-0.05, 0) is 24.6 Å². The van der Waals surface area contributed by atoms with E-state index in [4.69, 9.17) is 29.4 Å². The first-order valence-corrected chi connectivity index (χ1v) is 11.5. The number of nitrogens with zero attached hydrogens (tertiary/aromatic N) is 2. The molecule has 2 aromatic rings. The number of nitrogens with two attached hydrogens (primary N) is 1. The topological polar surface area (TPSA) is 122 Å². The normalized spacial score (nSPS) is 17.9. The maximum Gasteiger partial charge on any atom is 0.258 e. The summed E-state index contributed by atoms with van der Waals surface area (Å²) in [5.74, 6) is 0.790. The van der Waals surface area contributed by atoms with E-state index in [1.165, 1.54) is 26.2 Å². The summed E-state index contributed by atoms with van der Waals surface area (Å²) in [5.41, 5.74) is 7.81. The molecule has 4 rings (SSSR count). The Balaban J connectivity index is 1.85. The van der Waals surface area contributed by atoms with Crippen LogP contribution in [-0.2, 0) is 11.3 Å². The first-order chi connectivity index (χ1) is 16.9. The van der Waals surface area contributed by atoms with Gasteiger partial charge in [0.05, 0.1) is 59.1 Å². The smallest absolute Gasteiger partial charge is 0.258 e. The van der Waals surface area contributed by atoms with Gasteiger partial charge in [-0.15, -0.1) is 0 Å². The molecule has 0 amide bonds. The second-order valence-corrected chi connectivity index (χ2v) is 8.52. The predicted octanol–water partition coefficient (Wildman–Crippen LogP) is 0.316. The number of aromatic nitrogens is 1. The third-order valence-electron chi connectivity index (χ3n) is 6.60. The van der Waals surface area contributed by atoms with Crippen molar-refractivity contribution in [3.63, 3.8) is 0 Å². The number of ether oxygens (including phenoxy) is 5. The van der Waals surface area contributed by atoms with E-state index >= 15 is 0 Å². The van der Waals surface area contributed by atoms with Gasteiger partial charge in [0.25, 0.3) is 5.56 Å². The SMILES string of the molecule is COc1cc([C@@H]2C(C#N)=C(N)Oc3cc(C)n(CC[NH+]4CCOCC4)c(=O)c32)cc(OC)c1OC. The molecule has 186 valence electrons. The Morgan fingerprint density at radius 1 is 1.14 bits per heavy atom. The second kappa shape index (κ2) is 10.3. The molecule has 0 aliphatic carbocycles. The number of aryl methyl sites for hydroxylation is 1. The third-order valence-corrected chi connectivity index (χ3v) is 6.60. The highest BCUT2D eigenvalue weighted by Crippen LogP contribution is 2.46. The molecule has 35 heavy (non-hydrogen) atoms. The Hall–Kier alpha value is -3.68. The van der Waals surface area contributed by atoms with Crippen molar-refractivity contribution in [1.29, 1.82) is 5.26 Å². The van der Waals surface area contributed by atoms with Gasteiger partial charge in [0, 0.05) is 11.8 Å². The number of methoxy groups -OCH3 is 3. The molecular formula is C25H31N4O6+. The quantitative estimate of drug-likeness (QED) is 0.577. The van der Waals surface area contributed by atoms with Gasteiger partial charge >= 0.3 is 0 Å². The van der Waals surface area contributed by atoms with Crippen LogP contribution >= 0.6 is 0 Å². The van der Waals surface area contributed by atoms with Gasteiger partial charge in [-0.25, -0.2) is 0 Å². The van der Waals surface area contributed by atoms with E-state index in [0.29, 0.717) is 40.7 Å². The number of allylic oxidation sites excluding steroid dienone is 1. The molecule has 1 aromatic carbocycles. The molecule has 1 atom stereocenters. The van der Waals surface area contributed by atoms with Crippen LogP contribution < -0.4 is 35.1 Å². The molecular weight excluding hydrogens is 452 g/mol. The summed E-state index contributed by atoms with van der Waals surface area (Å²) in [5, 5.41) is 9.98. The average Bonchev–Trinajstić information content (AvgIpc) is 2.87. The maximum atomic E-state index is 13.9. The van der Waals surface area contributed by atoms with Crippen LogP contribution in [0.4, 0.5) is 0 Å². The Bertz CT molecular complexity index is 1210. The summed E-state index contributed by atoms with van der Waals surface area (Å²) in [4.78, 5) is 15.3. The molecule has 2 aliphatic rings. The van der Waals surface area contributed by atoms with Crippen molar-refractivity contribution in [2.75, 3.05) is 54.2 Å². The van der Waals surface area contributed by atoms with Crippen LogP contribution in [0.3, 0.4) is 0 Å². The standard InChI is InChI=1S/C25H30N4O6/c1-15-11-18-22(25(30)29(15)6-5-28-7-9-34-10-8-28)21(17(14-26)24(27)35-18)16-12-19(31-2)23(33-4)20(13-16)32-3/h11-13,21H,5-10,27H2,1-4H3/p+1/t21-/m1/s1. The lowest BCUT2D eigenvalue weighted by molar-refractivity contribution is -0.908. The fourth-order valence-corrected chi connectivity index (χ4v) is 4.75. The van der Waals surface area contributed by atoms with Crippen LogP contribution in [0.5, 0.6) is 23.0 Å². The van der Waals surface area contributed by atoms with E-state index in [1.54, 1.807) is 22.8 Å². The summed E-state index contributed by atoms with van der Waals surface area (Å²) < 4.78 is 29.4. The van der Waals surface area contributed by atoms with Crippen LogP contribution in [0.15, 0.2) is 34.4 Å². The van der Waals surface area contributed by atoms with E-state index in [9.17, 15) is 10.1 Å². The highest BCUT2D eigenvalue weighted by molar-refractivity contribution is 5.61. The van der Waals surface area contributed by atoms with Crippen molar-refractivity contribution in [2.45, 2.75) is 19.4 Å². The van der Waals surface area contributed by atoms with E-state index in [0.717, 1.165) is 38.5 Å². The molecule has 10 nitrogen and oxygen atoms in total. The molecule has 0 unspecified atom stereocenters. The van der Waals surface area contributed by atoms with Crippen LogP contribution in [0, 0.1) is 18.3 Å². The lowest BCUT2D eigenvalue weighted by Crippen LogP contribution is -3.14. The lowest BCUT2D eigenvalue weighted by Gasteiger charge is -2.29. The molecule has 3 heterocycles. The minimum Gasteiger partial charge on any atom is -0.493 e. The van der Waals surface area contributed by atoms with E-state index < -0.39 is 5.92 Å². The third kappa shape index (κ3) is 4.52. The molecule has 10 heteroatoms. The zero-order valence-electron chi connectivity index (χ0n) is 20.5. The minimum atomic E-state index is -0.757. The first kappa shape index (κ1) is 24.4. The molecule has 0 spiro atoms. The fraction of sp³-hybridized carbons (Fsp3) is 0.440. The zero-order valence-corrected chi connectivity index (χ0v) is 20.5. The summed E-state index contributed by atoms with van der Waals surface area (Å²) in [6.45, 7) is 6.47. The van der Waals surface area contributed by atoms with Gasteiger partial charge in [-0.3, -0.25) is 4.79 Å². The Morgan fingerprint density at radius 3 is 2.37 bits per heavy atom. The molecule has 1 fully saturated rings. The van der Waals surface area contributed by atoms with E-state index in [-0.39, 0.29) is 17.0 Å². The van der Waals surface area contributed by atoms with Gasteiger partial charge in [-0.2, -0.15) is 5.26 Å². The highest BCUT2D eigenvalue weighted by Gasteiger charge is 2.35. The van der Waals surface area contributed by atoms with Crippen LogP contribution in [0.25, 0.3) is 0 Å². The average molecular weight is 484 g/mol. The molecule has 1 aromatic heterocycles. The van der Waals surface area contributed by atoms with Crippen molar-refractivity contribution < 1.29 is 28.6 Å². The number of pyridine rings is 1. The van der Waals surface area contributed by atoms with Crippen molar-refractivity contribution in [3.05, 3.63) is 56.8 Å². The van der Waals surface area contributed by atoms with Crippen LogP contribution in [0.1, 0.15) is 22.7 Å². The number of benzene rings is 1. The van der Waals surface area contributed by atoms with Gasteiger partial charge in [0.2, 0.25) is 11.6 Å². The summed E-state index contributed by atoms with van der Waals surface area (Å²) in [6, 6.07) is 7.40. The number of hydrogen-bond donors (Lipinski definition) is 2. The summed E-state index contributed by atoms with van der Waals surface area (Å²) in [6.07, 6.45) is 0. The zero-order chi connectivity index (χ0) is 25.1. The second-order valence-electron chi connectivity index (χ2n) is 8.52. The Kier molecular flexibility index (Phi) is 7.19. The number of nitrogens with one attached hydrogen (secondary N) is 1. The van der Waals surface area contributed by atoms with Crippen molar-refractivity contribution in [2.24, 2.45) is 5.73 Å². The number of nitriles is 1. The number of hydrogen-bond acceptors (Lipinski definition) is 8. The van der Waals surface area contributed by atoms with Crippen LogP contribution in [0.2, 0.25) is 0 Å². The highest BCUT2D eigenvalue weighted by atomic mass is 16.5. The van der Waals surface area contributed by atoms with Crippen molar-refractivity contribution >= 4 is 0 Å². The van der Waals surface area contributed by atoms with Gasteiger partial charge in [0.1, 0.15) is 30.5 Å². The van der Waals surface area contributed by atoms with E-state index in [2.05, 4.69) is 6.07 Å². The number of morpholine rings is 1. The lowest BCUT2D eigenvalue weighted by atomic mass is 9.83. The molecule has 1 saturated heterocycles. The van der Waals surface area contributed by atoms with Gasteiger partial charge in [0.15, 0.2) is 11.5 Å². The fourth-order valence-electron chi connectivity index (χ4n) is 4.75. The van der Waals surface area contributed by atoms with Gasteiger partial charge < -0.3 is 38.9 Å². The maximum absolute atomic E-state index is 13.9. The van der Waals surface area contributed by atoms with Gasteiger partial charge in [-0.1, -0.05) is 0 Å². The number of quaternary nitrogens is 1. The summed E-state index contributed by atoms with van der Waals surface area (Å²) in [7, 11) is 4.54. The number of rotatable bonds is 7. The first-order valence-electron chi connectivity index (χ1n) is 11.5. The minimum absolute atomic E-state index is 0.0342. The molecule has 0 bridgehead atoms. The largest absolute Gasteiger partial charge is 0.493 e. The van der Waals surface area contributed by atoms with Crippen molar-refractivity contribution in [1.82, 2.24) is 4.57 Å². The van der Waals surface area contributed by atoms with E-state index in [1.807, 2.05) is 6.92 Å². The van der Waals surface area contributed by atoms with Crippen molar-refractivity contribution in [3.8, 4) is 29.1 Å². The Morgan fingerprint density at radius 2 is 1.80 bits per heavy atom. The molecule has 2 aliphatic heterocycles. The molecule has 3 N–H and O–H groups in total. The number of fused-ring (bicyclic) bond motifs is 1. The monoisotopic (exact) mass is 483 g/mol. The molecule has 0 radical (unpaired) electrons. The Labute approximate surface area is 204 Å².